The highest BCUT2D eigenvalue weighted by Crippen LogP contribution is 2.15. The summed E-state index contributed by atoms with van der Waals surface area (Å²) in [6.07, 6.45) is 5.46. The Hall–Kier alpha value is -2.29. The molecule has 6 heteroatoms. The lowest BCUT2D eigenvalue weighted by molar-refractivity contribution is -0.402. The van der Waals surface area contributed by atoms with Gasteiger partial charge in [0.2, 0.25) is 0 Å². The maximum absolute atomic E-state index is 11.5. The van der Waals surface area contributed by atoms with E-state index >= 15 is 0 Å². The summed E-state index contributed by atoms with van der Waals surface area (Å²) in [7, 11) is 0. The second-order valence-corrected chi connectivity index (χ2v) is 3.18. The summed E-state index contributed by atoms with van der Waals surface area (Å²) in [5.74, 6) is 1.31. The van der Waals surface area contributed by atoms with Crippen molar-refractivity contribution >= 4 is 11.8 Å². The van der Waals surface area contributed by atoms with Crippen LogP contribution in [0.1, 0.15) is 23.9 Å². The number of carbonyl (C=O) groups is 1. The minimum absolute atomic E-state index is 0.101. The minimum atomic E-state index is -0.707. The molecule has 1 amide bonds. The van der Waals surface area contributed by atoms with Crippen LogP contribution in [0.2, 0.25) is 0 Å². The predicted molar refractivity (Wildman–Crippen MR) is 55.7 cm³/mol. The van der Waals surface area contributed by atoms with E-state index in [4.69, 9.17) is 10.8 Å². The van der Waals surface area contributed by atoms with E-state index in [0.717, 1.165) is 6.07 Å². The van der Waals surface area contributed by atoms with Gasteiger partial charge in [-0.1, -0.05) is 0 Å². The monoisotopic (exact) mass is 222 g/mol. The summed E-state index contributed by atoms with van der Waals surface area (Å²) < 4.78 is 4.72. The Morgan fingerprint density at radius 2 is 2.44 bits per heavy atom. The van der Waals surface area contributed by atoms with Crippen LogP contribution in [-0.2, 0) is 0 Å². The van der Waals surface area contributed by atoms with Gasteiger partial charge in [0.1, 0.15) is 4.92 Å². The molecule has 0 aromatic carbocycles. The number of terminal acetylenes is 1. The van der Waals surface area contributed by atoms with E-state index in [2.05, 4.69) is 11.2 Å². The van der Waals surface area contributed by atoms with E-state index in [-0.39, 0.29) is 11.8 Å². The topological polar surface area (TPSA) is 85.4 Å². The maximum atomic E-state index is 11.5. The minimum Gasteiger partial charge on any atom is -0.395 e. The zero-order valence-electron chi connectivity index (χ0n) is 8.60. The van der Waals surface area contributed by atoms with Gasteiger partial charge in [-0.3, -0.25) is 14.9 Å². The molecule has 0 spiro atoms. The summed E-state index contributed by atoms with van der Waals surface area (Å²) in [6, 6.07) is 2.17. The first-order valence-corrected chi connectivity index (χ1v) is 4.53. The molecule has 1 unspecified atom stereocenters. The van der Waals surface area contributed by atoms with Gasteiger partial charge in [0, 0.05) is 12.5 Å². The molecule has 0 bridgehead atoms. The summed E-state index contributed by atoms with van der Waals surface area (Å²) in [5, 5.41) is 12.9. The van der Waals surface area contributed by atoms with Crippen molar-refractivity contribution in [2.75, 3.05) is 0 Å². The van der Waals surface area contributed by atoms with Crippen molar-refractivity contribution < 1.29 is 14.1 Å². The highest BCUT2D eigenvalue weighted by atomic mass is 16.6. The number of furan rings is 1. The molecule has 1 aromatic rings. The normalized spacial score (nSPS) is 11.5. The van der Waals surface area contributed by atoms with Crippen molar-refractivity contribution in [3.8, 4) is 12.3 Å². The molecule has 1 atom stereocenters. The zero-order valence-corrected chi connectivity index (χ0v) is 8.60. The van der Waals surface area contributed by atoms with Crippen molar-refractivity contribution in [1.29, 1.82) is 0 Å². The summed E-state index contributed by atoms with van der Waals surface area (Å²) in [6.45, 7) is 1.73. The van der Waals surface area contributed by atoms with Gasteiger partial charge in [-0.15, -0.1) is 12.3 Å². The first kappa shape index (κ1) is 11.8. The number of hydrogen-bond acceptors (Lipinski definition) is 4. The standard InChI is InChI=1S/C10H10N2O4/c1-3-4-7(2)11-10(13)8-5-6-9(16-8)12(14)15/h1,5-7H,4H2,2H3,(H,11,13). The molecule has 0 saturated carbocycles. The molecule has 1 N–H and O–H groups in total. The van der Waals surface area contributed by atoms with Crippen molar-refractivity contribution in [2.24, 2.45) is 0 Å². The van der Waals surface area contributed by atoms with Crippen LogP contribution in [0.3, 0.4) is 0 Å². The lowest BCUT2D eigenvalue weighted by Gasteiger charge is -2.08. The number of nitro groups is 1. The molecule has 1 rings (SSSR count). The second-order valence-electron chi connectivity index (χ2n) is 3.18. The lowest BCUT2D eigenvalue weighted by Crippen LogP contribution is -2.31. The number of nitrogens with one attached hydrogen (secondary N) is 1. The molecule has 84 valence electrons. The van der Waals surface area contributed by atoms with Crippen molar-refractivity contribution in [3.05, 3.63) is 28.0 Å². The molecule has 0 radical (unpaired) electrons. The van der Waals surface area contributed by atoms with E-state index in [0.29, 0.717) is 6.42 Å². The Kier molecular flexibility index (Phi) is 3.67. The van der Waals surface area contributed by atoms with Crippen LogP contribution >= 0.6 is 0 Å². The first-order valence-electron chi connectivity index (χ1n) is 4.53. The van der Waals surface area contributed by atoms with Gasteiger partial charge in [-0.05, 0) is 13.0 Å². The van der Waals surface area contributed by atoms with Gasteiger partial charge >= 0.3 is 5.88 Å². The Morgan fingerprint density at radius 1 is 1.75 bits per heavy atom. The molecule has 0 aliphatic heterocycles. The molecule has 0 aliphatic rings. The van der Waals surface area contributed by atoms with Crippen LogP contribution in [0.5, 0.6) is 0 Å². The smallest absolute Gasteiger partial charge is 0.395 e. The van der Waals surface area contributed by atoms with Crippen LogP contribution in [-0.4, -0.2) is 16.9 Å². The number of nitrogens with zero attached hydrogens (tertiary/aromatic N) is 1. The van der Waals surface area contributed by atoms with Gasteiger partial charge in [0.15, 0.2) is 5.76 Å². The van der Waals surface area contributed by atoms with Crippen LogP contribution in [0.4, 0.5) is 5.88 Å². The highest BCUT2D eigenvalue weighted by Gasteiger charge is 2.18. The average Bonchev–Trinajstić information content (AvgIpc) is 2.66. The highest BCUT2D eigenvalue weighted by molar-refractivity contribution is 5.91. The van der Waals surface area contributed by atoms with Crippen LogP contribution in [0, 0.1) is 22.5 Å². The Bertz CT molecular complexity index is 444. The van der Waals surface area contributed by atoms with Gasteiger partial charge < -0.3 is 9.73 Å². The molecule has 0 aliphatic carbocycles. The molecule has 1 heterocycles. The third-order valence-corrected chi connectivity index (χ3v) is 1.80. The SMILES string of the molecule is C#CCC(C)NC(=O)c1ccc([N+](=O)[O-])o1. The fourth-order valence-electron chi connectivity index (χ4n) is 1.07. The van der Waals surface area contributed by atoms with E-state index in [1.807, 2.05) is 0 Å². The number of hydrogen-bond donors (Lipinski definition) is 1. The van der Waals surface area contributed by atoms with Crippen LogP contribution in [0.15, 0.2) is 16.5 Å². The van der Waals surface area contributed by atoms with E-state index in [9.17, 15) is 14.9 Å². The van der Waals surface area contributed by atoms with E-state index in [1.54, 1.807) is 6.92 Å². The van der Waals surface area contributed by atoms with Gasteiger partial charge in [-0.2, -0.15) is 0 Å². The Balaban J connectivity index is 2.67. The first-order chi connectivity index (χ1) is 7.54. The molecule has 6 nitrogen and oxygen atoms in total. The molecule has 1 aromatic heterocycles. The van der Waals surface area contributed by atoms with Gasteiger partial charge in [0.25, 0.3) is 5.91 Å². The predicted octanol–water partition coefficient (Wildman–Crippen LogP) is 1.33. The molecular formula is C10H10N2O4. The maximum Gasteiger partial charge on any atom is 0.433 e. The van der Waals surface area contributed by atoms with E-state index < -0.39 is 16.7 Å². The zero-order chi connectivity index (χ0) is 12.1. The molecule has 0 saturated heterocycles. The van der Waals surface area contributed by atoms with E-state index in [1.165, 1.54) is 6.07 Å². The second kappa shape index (κ2) is 4.98. The van der Waals surface area contributed by atoms with Crippen molar-refractivity contribution in [2.45, 2.75) is 19.4 Å². The Labute approximate surface area is 91.8 Å². The average molecular weight is 222 g/mol. The van der Waals surface area contributed by atoms with Crippen molar-refractivity contribution in [3.63, 3.8) is 0 Å². The Morgan fingerprint density at radius 3 is 2.94 bits per heavy atom. The lowest BCUT2D eigenvalue weighted by atomic mass is 10.2. The number of rotatable bonds is 4. The molecule has 16 heavy (non-hydrogen) atoms. The molecule has 0 fully saturated rings. The van der Waals surface area contributed by atoms with Crippen LogP contribution < -0.4 is 5.32 Å². The number of carbonyl (C=O) groups excluding carboxylic acids is 1. The molecular weight excluding hydrogens is 212 g/mol. The van der Waals surface area contributed by atoms with Gasteiger partial charge in [-0.25, -0.2) is 0 Å². The third kappa shape index (κ3) is 2.85. The number of amides is 1. The largest absolute Gasteiger partial charge is 0.433 e. The summed E-state index contributed by atoms with van der Waals surface area (Å²) in [5.41, 5.74) is 0. The van der Waals surface area contributed by atoms with Crippen molar-refractivity contribution in [1.82, 2.24) is 5.32 Å². The summed E-state index contributed by atoms with van der Waals surface area (Å²) >= 11 is 0. The third-order valence-electron chi connectivity index (χ3n) is 1.80. The van der Waals surface area contributed by atoms with Gasteiger partial charge in [0.05, 0.1) is 6.07 Å². The quantitative estimate of drug-likeness (QED) is 0.473. The fraction of sp³-hybridized carbons (Fsp3) is 0.300. The summed E-state index contributed by atoms with van der Waals surface area (Å²) in [4.78, 5) is 21.1. The fourth-order valence-corrected chi connectivity index (χ4v) is 1.07. The van der Waals surface area contributed by atoms with Crippen LogP contribution in [0.25, 0.3) is 0 Å².